The van der Waals surface area contributed by atoms with Crippen molar-refractivity contribution in [3.05, 3.63) is 47.8 Å². The molecule has 3 rings (SSSR count). The minimum Gasteiger partial charge on any atom is -0.352 e. The molecule has 0 spiro atoms. The van der Waals surface area contributed by atoms with Crippen molar-refractivity contribution < 1.29 is 0 Å². The first kappa shape index (κ1) is 9.46. The van der Waals surface area contributed by atoms with Gasteiger partial charge in [-0.25, -0.2) is 4.98 Å². The average Bonchev–Trinajstić information content (AvgIpc) is 2.85. The zero-order valence-electron chi connectivity index (χ0n) is 9.35. The number of fused-ring (bicyclic) bond motifs is 1. The molecule has 1 aliphatic carbocycles. The average molecular weight is 213 g/mol. The Morgan fingerprint density at radius 1 is 1.25 bits per heavy atom. The minimum absolute atomic E-state index is 0.485. The van der Waals surface area contributed by atoms with Crippen LogP contribution in [0.3, 0.4) is 0 Å². The highest BCUT2D eigenvalue weighted by Crippen LogP contribution is 2.23. The van der Waals surface area contributed by atoms with Gasteiger partial charge in [-0.15, -0.1) is 0 Å². The van der Waals surface area contributed by atoms with Crippen LogP contribution in [0.5, 0.6) is 0 Å². The molecule has 82 valence electrons. The molecule has 1 aromatic heterocycles. The second-order valence-electron chi connectivity index (χ2n) is 4.38. The largest absolute Gasteiger partial charge is 0.352 e. The summed E-state index contributed by atoms with van der Waals surface area (Å²) in [7, 11) is 2.01. The molecule has 0 amide bonds. The van der Waals surface area contributed by atoms with Crippen LogP contribution >= 0.6 is 0 Å². The molecule has 0 fully saturated rings. The standard InChI is InChI=1S/C13H15N3/c1-16-7-6-14-13(16)15-12-8-10-4-2-3-5-11(10)9-12/h2-7,12H,8-9H2,1H3,(H,14,15). The number of hydrogen-bond donors (Lipinski definition) is 1. The Hall–Kier alpha value is -1.77. The van der Waals surface area contributed by atoms with Gasteiger partial charge in [0.25, 0.3) is 0 Å². The van der Waals surface area contributed by atoms with E-state index in [1.54, 1.807) is 0 Å². The second-order valence-corrected chi connectivity index (χ2v) is 4.38. The summed E-state index contributed by atoms with van der Waals surface area (Å²) >= 11 is 0. The third kappa shape index (κ3) is 1.58. The lowest BCUT2D eigenvalue weighted by molar-refractivity contribution is 0.747. The third-order valence-electron chi connectivity index (χ3n) is 3.21. The maximum atomic E-state index is 4.29. The molecule has 0 saturated carbocycles. The van der Waals surface area contributed by atoms with Gasteiger partial charge in [-0.05, 0) is 24.0 Å². The van der Waals surface area contributed by atoms with Crippen molar-refractivity contribution in [1.29, 1.82) is 0 Å². The monoisotopic (exact) mass is 213 g/mol. The summed E-state index contributed by atoms with van der Waals surface area (Å²) in [6.45, 7) is 0. The van der Waals surface area contributed by atoms with Crippen LogP contribution in [0.15, 0.2) is 36.7 Å². The number of rotatable bonds is 2. The molecule has 16 heavy (non-hydrogen) atoms. The lowest BCUT2D eigenvalue weighted by Gasteiger charge is -2.12. The van der Waals surface area contributed by atoms with E-state index in [9.17, 15) is 0 Å². The van der Waals surface area contributed by atoms with Crippen LogP contribution in [0.2, 0.25) is 0 Å². The summed E-state index contributed by atoms with van der Waals surface area (Å²) < 4.78 is 2.02. The number of nitrogens with zero attached hydrogens (tertiary/aromatic N) is 2. The van der Waals surface area contributed by atoms with Crippen LogP contribution in [0.25, 0.3) is 0 Å². The number of hydrogen-bond acceptors (Lipinski definition) is 2. The molecule has 0 radical (unpaired) electrons. The van der Waals surface area contributed by atoms with Crippen LogP contribution in [0, 0.1) is 0 Å². The van der Waals surface area contributed by atoms with E-state index in [0.717, 1.165) is 18.8 Å². The van der Waals surface area contributed by atoms with Crippen molar-refractivity contribution >= 4 is 5.95 Å². The number of nitrogens with one attached hydrogen (secondary N) is 1. The molecule has 1 aromatic carbocycles. The van der Waals surface area contributed by atoms with Crippen LogP contribution in [0.4, 0.5) is 5.95 Å². The Bertz CT molecular complexity index is 476. The van der Waals surface area contributed by atoms with Gasteiger partial charge in [0.05, 0.1) is 0 Å². The van der Waals surface area contributed by atoms with Crippen molar-refractivity contribution in [3.63, 3.8) is 0 Å². The topological polar surface area (TPSA) is 29.9 Å². The first-order valence-corrected chi connectivity index (χ1v) is 5.63. The zero-order chi connectivity index (χ0) is 11.0. The van der Waals surface area contributed by atoms with Gasteiger partial charge in [-0.2, -0.15) is 0 Å². The quantitative estimate of drug-likeness (QED) is 0.827. The van der Waals surface area contributed by atoms with Gasteiger partial charge in [0.1, 0.15) is 0 Å². The molecule has 1 heterocycles. The highest BCUT2D eigenvalue weighted by atomic mass is 15.2. The summed E-state index contributed by atoms with van der Waals surface area (Å²) in [5.41, 5.74) is 2.93. The highest BCUT2D eigenvalue weighted by Gasteiger charge is 2.21. The zero-order valence-corrected chi connectivity index (χ0v) is 9.35. The van der Waals surface area contributed by atoms with Gasteiger partial charge in [0.2, 0.25) is 5.95 Å². The lowest BCUT2D eigenvalue weighted by Crippen LogP contribution is -2.21. The lowest BCUT2D eigenvalue weighted by atomic mass is 10.1. The van der Waals surface area contributed by atoms with E-state index in [0.29, 0.717) is 6.04 Å². The molecule has 0 bridgehead atoms. The molecule has 0 atom stereocenters. The van der Waals surface area contributed by atoms with Crippen LogP contribution in [-0.2, 0) is 19.9 Å². The SMILES string of the molecule is Cn1ccnc1NC1Cc2ccccc2C1. The molecule has 0 saturated heterocycles. The summed E-state index contributed by atoms with van der Waals surface area (Å²) in [5.74, 6) is 0.956. The Morgan fingerprint density at radius 3 is 2.50 bits per heavy atom. The number of benzene rings is 1. The normalized spacial score (nSPS) is 15.1. The molecule has 1 aliphatic rings. The fraction of sp³-hybridized carbons (Fsp3) is 0.308. The number of aromatic nitrogens is 2. The number of imidazole rings is 1. The summed E-state index contributed by atoms with van der Waals surface area (Å²) in [6.07, 6.45) is 5.99. The maximum absolute atomic E-state index is 4.29. The highest BCUT2D eigenvalue weighted by molar-refractivity contribution is 5.38. The Morgan fingerprint density at radius 2 is 1.94 bits per heavy atom. The third-order valence-corrected chi connectivity index (χ3v) is 3.21. The molecular weight excluding hydrogens is 198 g/mol. The van der Waals surface area contributed by atoms with E-state index < -0.39 is 0 Å². The van der Waals surface area contributed by atoms with Gasteiger partial charge in [-0.1, -0.05) is 24.3 Å². The van der Waals surface area contributed by atoms with Crippen LogP contribution in [0.1, 0.15) is 11.1 Å². The predicted octanol–water partition coefficient (Wildman–Crippen LogP) is 2.00. The van der Waals surface area contributed by atoms with Gasteiger partial charge in [0, 0.05) is 25.5 Å². The smallest absolute Gasteiger partial charge is 0.202 e. The fourth-order valence-electron chi connectivity index (χ4n) is 2.35. The van der Waals surface area contributed by atoms with Gasteiger partial charge in [-0.3, -0.25) is 0 Å². The van der Waals surface area contributed by atoms with Crippen molar-refractivity contribution in [3.8, 4) is 0 Å². The van der Waals surface area contributed by atoms with Crippen molar-refractivity contribution in [1.82, 2.24) is 9.55 Å². The Kier molecular flexibility index (Phi) is 2.17. The molecule has 2 aromatic rings. The van der Waals surface area contributed by atoms with Gasteiger partial charge >= 0.3 is 0 Å². The van der Waals surface area contributed by atoms with Crippen molar-refractivity contribution in [2.75, 3.05) is 5.32 Å². The van der Waals surface area contributed by atoms with E-state index in [1.165, 1.54) is 11.1 Å². The summed E-state index contributed by atoms with van der Waals surface area (Å²) in [6, 6.07) is 9.15. The molecule has 1 N–H and O–H groups in total. The maximum Gasteiger partial charge on any atom is 0.202 e. The van der Waals surface area contributed by atoms with E-state index in [4.69, 9.17) is 0 Å². The summed E-state index contributed by atoms with van der Waals surface area (Å²) in [5, 5.41) is 3.49. The van der Waals surface area contributed by atoms with Crippen molar-refractivity contribution in [2.45, 2.75) is 18.9 Å². The molecule has 3 nitrogen and oxygen atoms in total. The van der Waals surface area contributed by atoms with Crippen LogP contribution in [-0.4, -0.2) is 15.6 Å². The number of anilines is 1. The van der Waals surface area contributed by atoms with Gasteiger partial charge < -0.3 is 9.88 Å². The fourth-order valence-corrected chi connectivity index (χ4v) is 2.35. The van der Waals surface area contributed by atoms with Crippen molar-refractivity contribution in [2.24, 2.45) is 7.05 Å². The van der Waals surface area contributed by atoms with E-state index in [2.05, 4.69) is 34.6 Å². The first-order valence-electron chi connectivity index (χ1n) is 5.63. The Labute approximate surface area is 95.1 Å². The molecule has 3 heteroatoms. The minimum atomic E-state index is 0.485. The Balaban J connectivity index is 1.75. The summed E-state index contributed by atoms with van der Waals surface area (Å²) in [4.78, 5) is 4.29. The first-order chi connectivity index (χ1) is 7.83. The molecular formula is C13H15N3. The molecule has 0 aliphatic heterocycles. The predicted molar refractivity (Wildman–Crippen MR) is 64.5 cm³/mol. The van der Waals surface area contributed by atoms with E-state index >= 15 is 0 Å². The van der Waals surface area contributed by atoms with Gasteiger partial charge in [0.15, 0.2) is 0 Å². The van der Waals surface area contributed by atoms with E-state index in [1.807, 2.05) is 24.0 Å². The van der Waals surface area contributed by atoms with E-state index in [-0.39, 0.29) is 0 Å². The second kappa shape index (κ2) is 3.67. The van der Waals surface area contributed by atoms with Crippen LogP contribution < -0.4 is 5.32 Å². The number of aryl methyl sites for hydroxylation is 1. The molecule has 0 unspecified atom stereocenters.